The average Bonchev–Trinajstić information content (AvgIpc) is 3.21. The highest BCUT2D eigenvalue weighted by Gasteiger charge is 2.27. The predicted octanol–water partition coefficient (Wildman–Crippen LogP) is 3.97. The van der Waals surface area contributed by atoms with Crippen molar-refractivity contribution in [3.63, 3.8) is 0 Å². The molecule has 1 atom stereocenters. The van der Waals surface area contributed by atoms with E-state index < -0.39 is 6.04 Å². The number of likely N-dealkylation sites (N-methyl/N-ethyl adjacent to an activating group) is 1. The fraction of sp³-hybridized carbons (Fsp3) is 0.320. The van der Waals surface area contributed by atoms with E-state index in [9.17, 15) is 15.2 Å². The molecule has 0 unspecified atom stereocenters. The van der Waals surface area contributed by atoms with E-state index in [0.29, 0.717) is 42.3 Å². The number of rotatable bonds is 7. The number of anilines is 1. The first-order valence-corrected chi connectivity index (χ1v) is 12.2. The van der Waals surface area contributed by atoms with E-state index in [1.54, 1.807) is 35.7 Å². The van der Waals surface area contributed by atoms with Crippen molar-refractivity contribution in [2.24, 2.45) is 0 Å². The Hall–Kier alpha value is -2.96. The molecule has 0 saturated carbocycles. The van der Waals surface area contributed by atoms with Crippen LogP contribution < -0.4 is 5.32 Å². The molecule has 1 aliphatic rings. The number of halogens is 1. The van der Waals surface area contributed by atoms with Crippen LogP contribution in [0.1, 0.15) is 27.6 Å². The molecular formula is C25H26ClN5O2S. The zero-order chi connectivity index (χ0) is 24.2. The molecule has 1 aromatic carbocycles. The summed E-state index contributed by atoms with van der Waals surface area (Å²) in [4.78, 5) is 22.9. The molecule has 0 saturated heterocycles. The highest BCUT2D eigenvalue weighted by atomic mass is 35.5. The van der Waals surface area contributed by atoms with Gasteiger partial charge < -0.3 is 20.2 Å². The number of thiophene rings is 1. The van der Waals surface area contributed by atoms with Crippen molar-refractivity contribution in [2.75, 3.05) is 39.1 Å². The maximum atomic E-state index is 12.7. The molecule has 0 aliphatic carbocycles. The summed E-state index contributed by atoms with van der Waals surface area (Å²) in [6.07, 6.45) is 5.75. The molecule has 3 aromatic rings. The van der Waals surface area contributed by atoms with E-state index in [1.807, 2.05) is 42.1 Å². The second-order valence-electron chi connectivity index (χ2n) is 8.45. The SMILES string of the molecule is CN(C)C/C=C/C(=O)N1CCc2c(sc3ncc(C#N)c(N[C@H](CO)c4ccc(Cl)cc4)c23)C1. The number of benzene rings is 1. The quantitative estimate of drug-likeness (QED) is 0.482. The zero-order valence-corrected chi connectivity index (χ0v) is 20.7. The minimum Gasteiger partial charge on any atom is -0.394 e. The fourth-order valence-electron chi connectivity index (χ4n) is 4.06. The van der Waals surface area contributed by atoms with Gasteiger partial charge in [0.25, 0.3) is 0 Å². The number of fused-ring (bicyclic) bond motifs is 3. The number of hydrogen-bond donors (Lipinski definition) is 2. The van der Waals surface area contributed by atoms with Crippen LogP contribution in [0.3, 0.4) is 0 Å². The Kier molecular flexibility index (Phi) is 7.49. The maximum absolute atomic E-state index is 12.7. The number of nitrogens with zero attached hydrogens (tertiary/aromatic N) is 4. The Labute approximate surface area is 207 Å². The van der Waals surface area contributed by atoms with Crippen molar-refractivity contribution in [3.8, 4) is 6.07 Å². The monoisotopic (exact) mass is 495 g/mol. The summed E-state index contributed by atoms with van der Waals surface area (Å²) >= 11 is 7.57. The smallest absolute Gasteiger partial charge is 0.246 e. The lowest BCUT2D eigenvalue weighted by atomic mass is 10.0. The predicted molar refractivity (Wildman–Crippen MR) is 136 cm³/mol. The minimum atomic E-state index is -0.408. The van der Waals surface area contributed by atoms with E-state index in [0.717, 1.165) is 26.2 Å². The van der Waals surface area contributed by atoms with Gasteiger partial charge in [-0.1, -0.05) is 29.8 Å². The summed E-state index contributed by atoms with van der Waals surface area (Å²) in [5.74, 6) is -0.00272. The summed E-state index contributed by atoms with van der Waals surface area (Å²) in [5.41, 5.74) is 3.07. The van der Waals surface area contributed by atoms with Crippen molar-refractivity contribution in [3.05, 3.63) is 69.2 Å². The molecule has 0 bridgehead atoms. The Morgan fingerprint density at radius 1 is 1.41 bits per heavy atom. The number of carbonyl (C=O) groups is 1. The summed E-state index contributed by atoms with van der Waals surface area (Å²) in [6.45, 7) is 1.68. The Morgan fingerprint density at radius 3 is 2.85 bits per heavy atom. The van der Waals surface area contributed by atoms with Crippen LogP contribution in [0.4, 0.5) is 5.69 Å². The first-order valence-electron chi connectivity index (χ1n) is 11.0. The van der Waals surface area contributed by atoms with E-state index in [-0.39, 0.29) is 12.5 Å². The molecule has 0 radical (unpaired) electrons. The summed E-state index contributed by atoms with van der Waals surface area (Å²) in [5, 5.41) is 24.8. The third-order valence-electron chi connectivity index (χ3n) is 5.81. The normalized spacial score (nSPS) is 14.4. The van der Waals surface area contributed by atoms with Crippen LogP contribution in [0.25, 0.3) is 10.2 Å². The molecule has 7 nitrogen and oxygen atoms in total. The number of nitriles is 1. The van der Waals surface area contributed by atoms with Gasteiger partial charge in [-0.25, -0.2) is 4.98 Å². The average molecular weight is 496 g/mol. The topological polar surface area (TPSA) is 92.5 Å². The number of carbonyl (C=O) groups excluding carboxylic acids is 1. The van der Waals surface area contributed by atoms with Gasteiger partial charge in [-0.3, -0.25) is 4.79 Å². The van der Waals surface area contributed by atoms with Crippen molar-refractivity contribution >= 4 is 44.7 Å². The maximum Gasteiger partial charge on any atom is 0.246 e. The van der Waals surface area contributed by atoms with Crippen LogP contribution >= 0.6 is 22.9 Å². The van der Waals surface area contributed by atoms with E-state index in [4.69, 9.17) is 11.6 Å². The first kappa shape index (κ1) is 24.2. The van der Waals surface area contributed by atoms with Crippen LogP contribution in [-0.4, -0.2) is 59.6 Å². The van der Waals surface area contributed by atoms with Gasteiger partial charge in [0.15, 0.2) is 0 Å². The van der Waals surface area contributed by atoms with Crippen LogP contribution in [0, 0.1) is 11.3 Å². The Bertz CT molecular complexity index is 1260. The number of aliphatic hydroxyl groups excluding tert-OH is 1. The van der Waals surface area contributed by atoms with Gasteiger partial charge in [-0.2, -0.15) is 5.26 Å². The lowest BCUT2D eigenvalue weighted by molar-refractivity contribution is -0.126. The molecule has 1 aliphatic heterocycles. The number of nitrogens with one attached hydrogen (secondary N) is 1. The highest BCUT2D eigenvalue weighted by Crippen LogP contribution is 2.40. The first-order chi connectivity index (χ1) is 16.4. The Morgan fingerprint density at radius 2 is 2.18 bits per heavy atom. The fourth-order valence-corrected chi connectivity index (χ4v) is 5.40. The molecule has 9 heteroatoms. The third-order valence-corrected chi connectivity index (χ3v) is 7.18. The number of hydrogen-bond acceptors (Lipinski definition) is 7. The molecule has 3 heterocycles. The molecule has 34 heavy (non-hydrogen) atoms. The van der Waals surface area contributed by atoms with Gasteiger partial charge >= 0.3 is 0 Å². The molecule has 176 valence electrons. The van der Waals surface area contributed by atoms with E-state index in [2.05, 4.69) is 16.4 Å². The van der Waals surface area contributed by atoms with Gasteiger partial charge in [0, 0.05) is 40.6 Å². The lowest BCUT2D eigenvalue weighted by Crippen LogP contribution is -2.34. The highest BCUT2D eigenvalue weighted by molar-refractivity contribution is 7.19. The second kappa shape index (κ2) is 10.5. The summed E-state index contributed by atoms with van der Waals surface area (Å²) in [6, 6.07) is 9.10. The molecule has 4 rings (SSSR count). The van der Waals surface area contributed by atoms with Crippen LogP contribution in [-0.2, 0) is 17.8 Å². The minimum absolute atomic E-state index is 0.00272. The number of aliphatic hydroxyl groups is 1. The molecular weight excluding hydrogens is 470 g/mol. The van der Waals surface area contributed by atoms with E-state index >= 15 is 0 Å². The van der Waals surface area contributed by atoms with E-state index in [1.165, 1.54) is 0 Å². The largest absolute Gasteiger partial charge is 0.394 e. The van der Waals surface area contributed by atoms with Gasteiger partial charge in [-0.15, -0.1) is 11.3 Å². The van der Waals surface area contributed by atoms with Crippen molar-refractivity contribution in [1.29, 1.82) is 5.26 Å². The number of pyridine rings is 1. The molecule has 0 spiro atoms. The lowest BCUT2D eigenvalue weighted by Gasteiger charge is -2.26. The molecule has 2 N–H and O–H groups in total. The van der Waals surface area contributed by atoms with Crippen molar-refractivity contribution < 1.29 is 9.90 Å². The van der Waals surface area contributed by atoms with Crippen LogP contribution in [0.15, 0.2) is 42.6 Å². The van der Waals surface area contributed by atoms with Gasteiger partial charge in [0.1, 0.15) is 10.9 Å². The van der Waals surface area contributed by atoms with Gasteiger partial charge in [-0.05, 0) is 43.8 Å². The number of amides is 1. The molecule has 2 aromatic heterocycles. The summed E-state index contributed by atoms with van der Waals surface area (Å²) < 4.78 is 0. The summed E-state index contributed by atoms with van der Waals surface area (Å²) in [7, 11) is 3.92. The van der Waals surface area contributed by atoms with Gasteiger partial charge in [0.05, 0.1) is 30.4 Å². The second-order valence-corrected chi connectivity index (χ2v) is 9.97. The standard InChI is InChI=1S/C25H26ClN5O2S/c1-30(2)10-3-4-22(33)31-11-9-19-21(14-31)34-25-23(19)24(17(12-27)13-28-25)29-20(15-32)16-5-7-18(26)8-6-16/h3-8,13,20,32H,9-11,14-15H2,1-2H3,(H,28,29)/b4-3+/t20-/m1/s1. The van der Waals surface area contributed by atoms with Crippen LogP contribution in [0.5, 0.6) is 0 Å². The van der Waals surface area contributed by atoms with Crippen LogP contribution in [0.2, 0.25) is 5.02 Å². The Balaban J connectivity index is 1.66. The molecule has 0 fully saturated rings. The zero-order valence-electron chi connectivity index (χ0n) is 19.1. The van der Waals surface area contributed by atoms with Crippen molar-refractivity contribution in [2.45, 2.75) is 19.0 Å². The third kappa shape index (κ3) is 5.08. The molecule has 1 amide bonds. The van der Waals surface area contributed by atoms with Gasteiger partial charge in [0.2, 0.25) is 5.91 Å². The van der Waals surface area contributed by atoms with Crippen molar-refractivity contribution in [1.82, 2.24) is 14.8 Å². The number of aromatic nitrogens is 1.